The first-order valence-electron chi connectivity index (χ1n) is 4.68. The van der Waals surface area contributed by atoms with Crippen LogP contribution in [0, 0.1) is 0 Å². The average Bonchev–Trinajstić information content (AvgIpc) is 2.56. The summed E-state index contributed by atoms with van der Waals surface area (Å²) in [5, 5.41) is 2.77. The van der Waals surface area contributed by atoms with Crippen molar-refractivity contribution >= 4 is 40.6 Å². The Balaban J connectivity index is 0.000000292. The Labute approximate surface area is 99.0 Å². The maximum atomic E-state index is 10.9. The molecule has 2 aliphatic rings. The van der Waals surface area contributed by atoms with Crippen molar-refractivity contribution in [2.24, 2.45) is 0 Å². The van der Waals surface area contributed by atoms with E-state index in [1.807, 2.05) is 0 Å². The number of sulfone groups is 1. The second-order valence-corrected chi connectivity index (χ2v) is 11.9. The molecule has 0 spiro atoms. The molecule has 0 saturated carbocycles. The van der Waals surface area contributed by atoms with Gasteiger partial charge < -0.3 is 5.32 Å². The van der Waals surface area contributed by atoms with E-state index in [4.69, 9.17) is 0 Å². The van der Waals surface area contributed by atoms with Crippen LogP contribution in [0.2, 0.25) is 0 Å². The van der Waals surface area contributed by atoms with E-state index >= 15 is 0 Å². The molecule has 0 aliphatic carbocycles. The molecule has 2 atom stereocenters. The highest BCUT2D eigenvalue weighted by Crippen LogP contribution is 2.08. The van der Waals surface area contributed by atoms with Gasteiger partial charge in [0.15, 0.2) is 9.84 Å². The van der Waals surface area contributed by atoms with Crippen molar-refractivity contribution < 1.29 is 18.3 Å². The van der Waals surface area contributed by atoms with Crippen molar-refractivity contribution in [1.29, 1.82) is 0 Å². The first-order chi connectivity index (χ1) is 7.12. The molecule has 0 aromatic heterocycles. The molecular formula is C8H19NO4S3. The highest BCUT2D eigenvalue weighted by Gasteiger charge is 2.26. The van der Waals surface area contributed by atoms with Gasteiger partial charge >= 0.3 is 0 Å². The van der Waals surface area contributed by atoms with Gasteiger partial charge in [-0.05, 0) is 30.8 Å². The molecule has 0 aromatic rings. The molecule has 98 valence electrons. The maximum Gasteiger partial charge on any atom is 0.162 e. The quantitative estimate of drug-likeness (QED) is 0.555. The minimum atomic E-state index is -2.99. The van der Waals surface area contributed by atoms with Crippen LogP contribution in [0.1, 0.15) is 1.43 Å². The largest absolute Gasteiger partial charge is 0.305 e. The fraction of sp³-hybridized carbons (Fsp3) is 0.750. The number of hydrogen-bond donors (Lipinski definition) is 1. The highest BCUT2D eigenvalue weighted by molar-refractivity contribution is 8.15. The lowest BCUT2D eigenvalue weighted by molar-refractivity contribution is 0.603. The predicted molar refractivity (Wildman–Crippen MR) is 73.9 cm³/mol. The topological polar surface area (TPSA) is 80.3 Å². The van der Waals surface area contributed by atoms with Crippen molar-refractivity contribution in [2.45, 2.75) is 0 Å². The molecule has 2 unspecified atom stereocenters. The van der Waals surface area contributed by atoms with Crippen LogP contribution >= 0.6 is 0 Å². The summed E-state index contributed by atoms with van der Waals surface area (Å²) in [7, 11) is -6.89. The van der Waals surface area contributed by atoms with Crippen LogP contribution in [0.4, 0.5) is 0 Å². The van der Waals surface area contributed by atoms with Crippen molar-refractivity contribution in [1.82, 2.24) is 5.32 Å². The SMILES string of the molecule is C=S1(=O)CCNC1.C=S1(=O)CCS(=O)(=O)C1.[HH]. The van der Waals surface area contributed by atoms with E-state index in [2.05, 4.69) is 17.1 Å². The Morgan fingerprint density at radius 2 is 1.56 bits per heavy atom. The standard InChI is InChI=1S/C4H9NOS.C4H8O3S2.H2/c1-7(6)3-2-5-4-7;1-8(5)2-3-9(6,7)4-8;/h5H,1-4H2;1-4H2;1H. The second kappa shape index (κ2) is 4.67. The molecule has 0 radical (unpaired) electrons. The van der Waals surface area contributed by atoms with Crippen molar-refractivity contribution in [3.05, 3.63) is 0 Å². The van der Waals surface area contributed by atoms with Gasteiger partial charge in [-0.25, -0.2) is 8.42 Å². The van der Waals surface area contributed by atoms with Gasteiger partial charge in [-0.2, -0.15) is 0 Å². The first kappa shape index (κ1) is 14.0. The third-order valence-corrected chi connectivity index (χ3v) is 9.04. The molecule has 2 rings (SSSR count). The van der Waals surface area contributed by atoms with Crippen LogP contribution in [-0.4, -0.2) is 63.3 Å². The molecule has 1 N–H and O–H groups in total. The second-order valence-electron chi connectivity index (χ2n) is 4.05. The Morgan fingerprint density at radius 3 is 1.69 bits per heavy atom. The van der Waals surface area contributed by atoms with Crippen LogP contribution in [0.5, 0.6) is 0 Å². The van der Waals surface area contributed by atoms with Crippen LogP contribution in [0.3, 0.4) is 0 Å². The number of hydrogen-bond acceptors (Lipinski definition) is 5. The minimum Gasteiger partial charge on any atom is -0.305 e. The Kier molecular flexibility index (Phi) is 4.09. The lowest BCUT2D eigenvalue weighted by Gasteiger charge is -1.88. The van der Waals surface area contributed by atoms with Gasteiger partial charge in [-0.3, -0.25) is 8.42 Å². The third kappa shape index (κ3) is 4.86. The summed E-state index contributed by atoms with van der Waals surface area (Å²) in [6, 6.07) is 0. The zero-order chi connectivity index (χ0) is 12.4. The van der Waals surface area contributed by atoms with E-state index in [1.165, 1.54) is 0 Å². The van der Waals surface area contributed by atoms with Gasteiger partial charge in [0, 0.05) is 19.5 Å². The van der Waals surface area contributed by atoms with Crippen LogP contribution in [-0.2, 0) is 28.9 Å². The maximum absolute atomic E-state index is 10.9. The fourth-order valence-corrected chi connectivity index (χ4v) is 8.28. The number of rotatable bonds is 0. The Hall–Kier alpha value is -0.0500. The highest BCUT2D eigenvalue weighted by atomic mass is 32.3. The smallest absolute Gasteiger partial charge is 0.162 e. The molecule has 0 aromatic carbocycles. The fourth-order valence-electron chi connectivity index (χ4n) is 1.31. The molecule has 2 fully saturated rings. The summed E-state index contributed by atoms with van der Waals surface area (Å²) in [6.07, 6.45) is 0. The number of nitrogens with one attached hydrogen (secondary N) is 1. The molecule has 2 heterocycles. The van der Waals surface area contributed by atoms with E-state index in [1.54, 1.807) is 0 Å². The third-order valence-electron chi connectivity index (χ3n) is 2.18. The van der Waals surface area contributed by atoms with E-state index < -0.39 is 28.9 Å². The molecule has 16 heavy (non-hydrogen) atoms. The zero-order valence-electron chi connectivity index (χ0n) is 9.01. The van der Waals surface area contributed by atoms with E-state index in [0.717, 1.165) is 12.3 Å². The summed E-state index contributed by atoms with van der Waals surface area (Å²) in [5.41, 5.74) is 0. The first-order valence-corrected chi connectivity index (χ1v) is 10.6. The zero-order valence-corrected chi connectivity index (χ0v) is 11.5. The molecular weight excluding hydrogens is 270 g/mol. The van der Waals surface area contributed by atoms with Gasteiger partial charge in [0.25, 0.3) is 0 Å². The lowest BCUT2D eigenvalue weighted by atomic mass is 10.8. The summed E-state index contributed by atoms with van der Waals surface area (Å²) < 4.78 is 43.0. The Bertz CT molecular complexity index is 504. The molecule has 0 amide bonds. The summed E-state index contributed by atoms with van der Waals surface area (Å²) in [5.74, 6) is 8.52. The normalized spacial score (nSPS) is 41.2. The molecule has 2 saturated heterocycles. The van der Waals surface area contributed by atoms with E-state index in [9.17, 15) is 16.8 Å². The van der Waals surface area contributed by atoms with Gasteiger partial charge in [0.05, 0.1) is 11.6 Å². The van der Waals surface area contributed by atoms with Crippen LogP contribution in [0.15, 0.2) is 0 Å². The van der Waals surface area contributed by atoms with Crippen LogP contribution in [0.25, 0.3) is 0 Å². The van der Waals surface area contributed by atoms with E-state index in [-0.39, 0.29) is 18.0 Å². The van der Waals surface area contributed by atoms with Gasteiger partial charge in [-0.1, -0.05) is 0 Å². The summed E-state index contributed by atoms with van der Waals surface area (Å²) in [4.78, 5) is 0. The molecule has 8 heteroatoms. The van der Waals surface area contributed by atoms with Gasteiger partial charge in [0.1, 0.15) is 5.08 Å². The van der Waals surface area contributed by atoms with Crippen molar-refractivity contribution in [2.75, 3.05) is 34.8 Å². The predicted octanol–water partition coefficient (Wildman–Crippen LogP) is -1.40. The van der Waals surface area contributed by atoms with Crippen LogP contribution < -0.4 is 5.32 Å². The monoisotopic (exact) mass is 289 g/mol. The average molecular weight is 289 g/mol. The summed E-state index contributed by atoms with van der Waals surface area (Å²) in [6.45, 7) is 0.877. The van der Waals surface area contributed by atoms with Crippen molar-refractivity contribution in [3.8, 4) is 0 Å². The van der Waals surface area contributed by atoms with Crippen molar-refractivity contribution in [3.63, 3.8) is 0 Å². The van der Waals surface area contributed by atoms with E-state index in [0.29, 0.717) is 5.88 Å². The van der Waals surface area contributed by atoms with Gasteiger partial charge in [0.2, 0.25) is 0 Å². The molecule has 0 bridgehead atoms. The molecule has 2 aliphatic heterocycles. The minimum absolute atomic E-state index is 0. The van der Waals surface area contributed by atoms with Gasteiger partial charge in [-0.15, -0.1) is 0 Å². The molecule has 5 nitrogen and oxygen atoms in total. The summed E-state index contributed by atoms with van der Waals surface area (Å²) >= 11 is 0. The lowest BCUT2D eigenvalue weighted by Crippen LogP contribution is -2.07. The Morgan fingerprint density at radius 1 is 0.938 bits per heavy atom.